The van der Waals surface area contributed by atoms with E-state index in [0.29, 0.717) is 10.6 Å². The molecule has 0 aliphatic carbocycles. The van der Waals surface area contributed by atoms with Crippen LogP contribution in [0.3, 0.4) is 0 Å². The van der Waals surface area contributed by atoms with Crippen LogP contribution in [0.1, 0.15) is 27.5 Å². The first-order valence-electron chi connectivity index (χ1n) is 7.25. The normalized spacial score (nSPS) is 11.7. The maximum atomic E-state index is 12.6. The molecule has 1 heterocycles. The Labute approximate surface area is 140 Å². The molecule has 1 N–H and O–H groups in total. The maximum Gasteiger partial charge on any atom is 0.252 e. The smallest absolute Gasteiger partial charge is 0.252 e. The summed E-state index contributed by atoms with van der Waals surface area (Å²) in [6, 6.07) is 20.3. The first-order chi connectivity index (χ1) is 11.2. The van der Waals surface area contributed by atoms with Crippen LogP contribution in [0.4, 0.5) is 0 Å². The third-order valence-electron chi connectivity index (χ3n) is 3.51. The van der Waals surface area contributed by atoms with Gasteiger partial charge in [0.2, 0.25) is 0 Å². The molecule has 1 amide bonds. The second-order valence-corrected chi connectivity index (χ2v) is 5.55. The van der Waals surface area contributed by atoms with E-state index in [9.17, 15) is 4.79 Å². The summed E-state index contributed by atoms with van der Waals surface area (Å²) in [7, 11) is 0. The summed E-state index contributed by atoms with van der Waals surface area (Å²) in [5, 5.41) is 3.59. The monoisotopic (exact) mass is 322 g/mol. The molecule has 4 heteroatoms. The summed E-state index contributed by atoms with van der Waals surface area (Å²) >= 11 is 5.97. The number of pyridine rings is 1. The average molecular weight is 323 g/mol. The Balaban J connectivity index is 1.92. The van der Waals surface area contributed by atoms with Crippen molar-refractivity contribution >= 4 is 17.5 Å². The number of benzene rings is 2. The van der Waals surface area contributed by atoms with Crippen LogP contribution >= 0.6 is 11.6 Å². The molecular weight excluding hydrogens is 308 g/mol. The van der Waals surface area contributed by atoms with Crippen molar-refractivity contribution in [2.24, 2.45) is 0 Å². The second kappa shape index (κ2) is 7.07. The summed E-state index contributed by atoms with van der Waals surface area (Å²) in [5.74, 6) is -0.176. The summed E-state index contributed by atoms with van der Waals surface area (Å²) in [6.45, 7) is 0. The summed E-state index contributed by atoms with van der Waals surface area (Å²) in [4.78, 5) is 16.7. The number of hydrogen-bond donors (Lipinski definition) is 1. The Bertz CT molecular complexity index is 751. The van der Waals surface area contributed by atoms with Gasteiger partial charge in [0.1, 0.15) is 0 Å². The van der Waals surface area contributed by atoms with Crippen molar-refractivity contribution in [1.82, 2.24) is 10.3 Å². The van der Waals surface area contributed by atoms with Crippen molar-refractivity contribution in [1.29, 1.82) is 0 Å². The Hall–Kier alpha value is -2.65. The number of amides is 1. The van der Waals surface area contributed by atoms with Gasteiger partial charge >= 0.3 is 0 Å². The largest absolute Gasteiger partial charge is 0.341 e. The molecule has 0 aliphatic rings. The predicted octanol–water partition coefficient (Wildman–Crippen LogP) is 4.25. The first-order valence-corrected chi connectivity index (χ1v) is 7.63. The molecule has 23 heavy (non-hydrogen) atoms. The van der Waals surface area contributed by atoms with Crippen LogP contribution in [0, 0.1) is 0 Å². The number of nitrogens with one attached hydrogen (secondary N) is 1. The van der Waals surface area contributed by atoms with Gasteiger partial charge in [-0.1, -0.05) is 54.1 Å². The van der Waals surface area contributed by atoms with Crippen molar-refractivity contribution < 1.29 is 4.79 Å². The van der Waals surface area contributed by atoms with Crippen molar-refractivity contribution in [3.63, 3.8) is 0 Å². The van der Waals surface area contributed by atoms with Gasteiger partial charge in [0, 0.05) is 23.0 Å². The fraction of sp³-hybridized carbons (Fsp3) is 0.0526. The maximum absolute atomic E-state index is 12.6. The number of aromatic nitrogens is 1. The highest BCUT2D eigenvalue weighted by Gasteiger charge is 2.17. The highest BCUT2D eigenvalue weighted by Crippen LogP contribution is 2.22. The zero-order valence-electron chi connectivity index (χ0n) is 12.3. The third-order valence-corrected chi connectivity index (χ3v) is 3.75. The third kappa shape index (κ3) is 3.76. The molecule has 0 aliphatic heterocycles. The second-order valence-electron chi connectivity index (χ2n) is 5.11. The summed E-state index contributed by atoms with van der Waals surface area (Å²) in [6.07, 6.45) is 3.47. The first kappa shape index (κ1) is 15.3. The zero-order chi connectivity index (χ0) is 16.1. The number of hydrogen-bond acceptors (Lipinski definition) is 2. The minimum atomic E-state index is -0.267. The molecule has 0 spiro atoms. The molecule has 3 nitrogen and oxygen atoms in total. The molecule has 1 atom stereocenters. The summed E-state index contributed by atoms with van der Waals surface area (Å²) in [5.41, 5.74) is 2.45. The van der Waals surface area contributed by atoms with E-state index in [1.807, 2.05) is 42.5 Å². The zero-order valence-corrected chi connectivity index (χ0v) is 13.1. The lowest BCUT2D eigenvalue weighted by Gasteiger charge is -2.19. The number of halogens is 1. The Morgan fingerprint density at radius 3 is 2.43 bits per heavy atom. The number of nitrogens with zero attached hydrogens (tertiary/aromatic N) is 1. The van der Waals surface area contributed by atoms with Gasteiger partial charge in [0.05, 0.1) is 6.04 Å². The fourth-order valence-electron chi connectivity index (χ4n) is 2.40. The standard InChI is InChI=1S/C19H15ClN2O/c20-17-10-4-8-15(12-17)19(23)22-18(14-6-2-1-3-7-14)16-9-5-11-21-13-16/h1-13,18H,(H,22,23)/t18-/m0/s1. The molecular formula is C19H15ClN2O. The molecule has 114 valence electrons. The molecule has 0 bridgehead atoms. The van der Waals surface area contributed by atoms with E-state index in [1.165, 1.54) is 0 Å². The molecule has 1 aromatic heterocycles. The minimum Gasteiger partial charge on any atom is -0.341 e. The van der Waals surface area contributed by atoms with Gasteiger partial charge in [-0.3, -0.25) is 9.78 Å². The van der Waals surface area contributed by atoms with Gasteiger partial charge in [0.25, 0.3) is 5.91 Å². The lowest BCUT2D eigenvalue weighted by Crippen LogP contribution is -2.29. The van der Waals surface area contributed by atoms with Gasteiger partial charge in [-0.15, -0.1) is 0 Å². The Kier molecular flexibility index (Phi) is 4.69. The highest BCUT2D eigenvalue weighted by atomic mass is 35.5. The van der Waals surface area contributed by atoms with E-state index in [2.05, 4.69) is 10.3 Å². The highest BCUT2D eigenvalue weighted by molar-refractivity contribution is 6.30. The van der Waals surface area contributed by atoms with Gasteiger partial charge in [-0.25, -0.2) is 0 Å². The molecule has 3 aromatic rings. The average Bonchev–Trinajstić information content (AvgIpc) is 2.61. The molecule has 0 radical (unpaired) electrons. The topological polar surface area (TPSA) is 42.0 Å². The van der Waals surface area contributed by atoms with E-state index in [0.717, 1.165) is 11.1 Å². The van der Waals surface area contributed by atoms with Crippen LogP contribution in [0.2, 0.25) is 5.02 Å². The molecule has 0 saturated carbocycles. The van der Waals surface area contributed by atoms with E-state index in [1.54, 1.807) is 36.7 Å². The fourth-order valence-corrected chi connectivity index (χ4v) is 2.59. The van der Waals surface area contributed by atoms with E-state index >= 15 is 0 Å². The SMILES string of the molecule is O=C(N[C@@H](c1ccccc1)c1cccnc1)c1cccc(Cl)c1. The summed E-state index contributed by atoms with van der Waals surface area (Å²) < 4.78 is 0. The van der Waals surface area contributed by atoms with Crippen LogP contribution in [0.25, 0.3) is 0 Å². The number of carbonyl (C=O) groups is 1. The lowest BCUT2D eigenvalue weighted by atomic mass is 9.99. The lowest BCUT2D eigenvalue weighted by molar-refractivity contribution is 0.0943. The minimum absolute atomic E-state index is 0.176. The molecule has 3 rings (SSSR count). The van der Waals surface area contributed by atoms with E-state index < -0.39 is 0 Å². The molecule has 0 fully saturated rings. The Morgan fingerprint density at radius 1 is 0.957 bits per heavy atom. The van der Waals surface area contributed by atoms with Crippen molar-refractivity contribution in [3.8, 4) is 0 Å². The van der Waals surface area contributed by atoms with Gasteiger partial charge in [-0.2, -0.15) is 0 Å². The van der Waals surface area contributed by atoms with Gasteiger partial charge < -0.3 is 5.32 Å². The molecule has 0 saturated heterocycles. The van der Waals surface area contributed by atoms with E-state index in [4.69, 9.17) is 11.6 Å². The molecule has 0 unspecified atom stereocenters. The van der Waals surface area contributed by atoms with Gasteiger partial charge in [-0.05, 0) is 35.4 Å². The predicted molar refractivity (Wildman–Crippen MR) is 91.4 cm³/mol. The van der Waals surface area contributed by atoms with E-state index in [-0.39, 0.29) is 11.9 Å². The molecule has 2 aromatic carbocycles. The van der Waals surface area contributed by atoms with Crippen LogP contribution < -0.4 is 5.32 Å². The Morgan fingerprint density at radius 2 is 1.74 bits per heavy atom. The van der Waals surface area contributed by atoms with Crippen molar-refractivity contribution in [2.75, 3.05) is 0 Å². The number of carbonyl (C=O) groups excluding carboxylic acids is 1. The van der Waals surface area contributed by atoms with Crippen LogP contribution in [0.5, 0.6) is 0 Å². The van der Waals surface area contributed by atoms with Crippen LogP contribution in [-0.4, -0.2) is 10.9 Å². The van der Waals surface area contributed by atoms with Gasteiger partial charge in [0.15, 0.2) is 0 Å². The van der Waals surface area contributed by atoms with Crippen LogP contribution in [-0.2, 0) is 0 Å². The number of rotatable bonds is 4. The van der Waals surface area contributed by atoms with Crippen molar-refractivity contribution in [3.05, 3.63) is 101 Å². The quantitative estimate of drug-likeness (QED) is 0.780. The van der Waals surface area contributed by atoms with Crippen LogP contribution in [0.15, 0.2) is 79.1 Å². The van der Waals surface area contributed by atoms with Crippen molar-refractivity contribution in [2.45, 2.75) is 6.04 Å².